The smallest absolute Gasteiger partial charge is 0.232 e. The molecule has 4 aromatic heterocycles. The first-order valence-corrected chi connectivity index (χ1v) is 10.9. The van der Waals surface area contributed by atoms with Crippen molar-refractivity contribution in [2.45, 2.75) is 13.3 Å². The molecule has 0 unspecified atom stereocenters. The van der Waals surface area contributed by atoms with Gasteiger partial charge < -0.3 is 5.32 Å². The van der Waals surface area contributed by atoms with Crippen molar-refractivity contribution in [1.82, 2.24) is 9.97 Å². The lowest BCUT2D eigenvalue weighted by atomic mass is 10.3. The number of carbonyl (C=O) groups is 1. The summed E-state index contributed by atoms with van der Waals surface area (Å²) in [5, 5.41) is 10.5. The first-order chi connectivity index (χ1) is 12.2. The standard InChI is InChI=1S/C17H13N3OS4/c1-10-18-11(9-24-10)8-14(21)19-17-20-15(12-4-2-6-22-12)16(25-17)13-5-3-7-23-13/h2-7,9H,8H2,1H3,(H,19,20,21). The molecule has 0 aromatic carbocycles. The summed E-state index contributed by atoms with van der Waals surface area (Å²) in [5.74, 6) is -0.0884. The Morgan fingerprint density at radius 1 is 1.08 bits per heavy atom. The van der Waals surface area contributed by atoms with E-state index in [0.29, 0.717) is 5.13 Å². The zero-order chi connectivity index (χ0) is 17.2. The van der Waals surface area contributed by atoms with Crippen LogP contribution >= 0.6 is 45.3 Å². The maximum atomic E-state index is 12.3. The molecule has 8 heteroatoms. The number of hydrogen-bond donors (Lipinski definition) is 1. The number of anilines is 1. The van der Waals surface area contributed by atoms with Crippen LogP contribution in [-0.2, 0) is 11.2 Å². The van der Waals surface area contributed by atoms with Crippen LogP contribution in [0.4, 0.5) is 5.13 Å². The summed E-state index contributed by atoms with van der Waals surface area (Å²) in [7, 11) is 0. The number of aryl methyl sites for hydroxylation is 1. The molecule has 0 aliphatic rings. The van der Waals surface area contributed by atoms with Gasteiger partial charge in [-0.2, -0.15) is 0 Å². The van der Waals surface area contributed by atoms with Gasteiger partial charge in [-0.1, -0.05) is 23.5 Å². The highest BCUT2D eigenvalue weighted by molar-refractivity contribution is 7.24. The van der Waals surface area contributed by atoms with Crippen molar-refractivity contribution >= 4 is 56.4 Å². The maximum absolute atomic E-state index is 12.3. The van der Waals surface area contributed by atoms with Crippen molar-refractivity contribution < 1.29 is 4.79 Å². The minimum Gasteiger partial charge on any atom is -0.302 e. The molecule has 1 amide bonds. The lowest BCUT2D eigenvalue weighted by molar-refractivity contribution is -0.115. The topological polar surface area (TPSA) is 54.9 Å². The molecule has 1 N–H and O–H groups in total. The number of thiophene rings is 2. The SMILES string of the molecule is Cc1nc(CC(=O)Nc2nc(-c3cccs3)c(-c3cccs3)s2)cs1. The second-order valence-corrected chi connectivity index (χ2v) is 9.19. The molecule has 4 rings (SSSR count). The van der Waals surface area contributed by atoms with E-state index < -0.39 is 0 Å². The van der Waals surface area contributed by atoms with Crippen LogP contribution in [0.2, 0.25) is 0 Å². The fourth-order valence-electron chi connectivity index (χ4n) is 2.35. The van der Waals surface area contributed by atoms with Crippen molar-refractivity contribution in [3.8, 4) is 20.3 Å². The van der Waals surface area contributed by atoms with Gasteiger partial charge in [0.05, 0.1) is 26.9 Å². The molecule has 25 heavy (non-hydrogen) atoms. The Bertz CT molecular complexity index is 932. The van der Waals surface area contributed by atoms with Gasteiger partial charge in [0.1, 0.15) is 5.69 Å². The largest absolute Gasteiger partial charge is 0.302 e. The Hall–Kier alpha value is -1.87. The van der Waals surface area contributed by atoms with Crippen LogP contribution in [0.15, 0.2) is 40.4 Å². The molecule has 4 nitrogen and oxygen atoms in total. The predicted octanol–water partition coefficient (Wildman–Crippen LogP) is 5.55. The van der Waals surface area contributed by atoms with E-state index in [-0.39, 0.29) is 12.3 Å². The summed E-state index contributed by atoms with van der Waals surface area (Å²) in [6, 6.07) is 8.18. The minimum atomic E-state index is -0.0884. The molecule has 0 saturated heterocycles. The number of aromatic nitrogens is 2. The summed E-state index contributed by atoms with van der Waals surface area (Å²) >= 11 is 6.40. The van der Waals surface area contributed by atoms with E-state index in [1.807, 2.05) is 29.8 Å². The average molecular weight is 404 g/mol. The highest BCUT2D eigenvalue weighted by Gasteiger charge is 2.18. The van der Waals surface area contributed by atoms with Crippen LogP contribution in [0.5, 0.6) is 0 Å². The highest BCUT2D eigenvalue weighted by Crippen LogP contribution is 2.42. The van der Waals surface area contributed by atoms with Crippen LogP contribution in [0.3, 0.4) is 0 Å². The normalized spacial score (nSPS) is 10.9. The summed E-state index contributed by atoms with van der Waals surface area (Å²) in [6.07, 6.45) is 0.270. The zero-order valence-corrected chi connectivity index (χ0v) is 16.5. The van der Waals surface area contributed by atoms with Crippen molar-refractivity contribution in [3.05, 3.63) is 51.1 Å². The Labute approximate surface area is 160 Å². The van der Waals surface area contributed by atoms with Crippen LogP contribution in [-0.4, -0.2) is 15.9 Å². The van der Waals surface area contributed by atoms with Crippen molar-refractivity contribution in [2.24, 2.45) is 0 Å². The molecular formula is C17H13N3OS4. The third-order valence-electron chi connectivity index (χ3n) is 3.38. The van der Waals surface area contributed by atoms with Crippen molar-refractivity contribution in [2.75, 3.05) is 5.32 Å². The number of nitrogens with zero attached hydrogens (tertiary/aromatic N) is 2. The van der Waals surface area contributed by atoms with E-state index in [4.69, 9.17) is 0 Å². The second-order valence-electron chi connectivity index (χ2n) is 5.23. The lowest BCUT2D eigenvalue weighted by Gasteiger charge is -1.98. The maximum Gasteiger partial charge on any atom is 0.232 e. The van der Waals surface area contributed by atoms with E-state index >= 15 is 0 Å². The van der Waals surface area contributed by atoms with Crippen molar-refractivity contribution in [3.63, 3.8) is 0 Å². The van der Waals surface area contributed by atoms with E-state index in [2.05, 4.69) is 32.8 Å². The summed E-state index contributed by atoms with van der Waals surface area (Å²) in [4.78, 5) is 24.7. The molecule has 4 heterocycles. The fourth-order valence-corrected chi connectivity index (χ4v) is 5.59. The summed E-state index contributed by atoms with van der Waals surface area (Å²) < 4.78 is 0. The minimum absolute atomic E-state index is 0.0884. The number of nitrogens with one attached hydrogen (secondary N) is 1. The highest BCUT2D eigenvalue weighted by atomic mass is 32.1. The number of amides is 1. The van der Waals surface area contributed by atoms with E-state index in [9.17, 15) is 4.79 Å². The fraction of sp³-hybridized carbons (Fsp3) is 0.118. The van der Waals surface area contributed by atoms with Crippen LogP contribution in [0.25, 0.3) is 20.3 Å². The third-order valence-corrected chi connectivity index (χ3v) is 7.10. The van der Waals surface area contributed by atoms with Gasteiger partial charge in [0.15, 0.2) is 5.13 Å². The molecule has 0 spiro atoms. The number of rotatable bonds is 5. The van der Waals surface area contributed by atoms with E-state index in [0.717, 1.165) is 31.0 Å². The molecular weight excluding hydrogens is 390 g/mol. The second kappa shape index (κ2) is 7.17. The Kier molecular flexibility index (Phi) is 4.76. The molecule has 0 saturated carbocycles. The first-order valence-electron chi connectivity index (χ1n) is 7.48. The molecule has 126 valence electrons. The van der Waals surface area contributed by atoms with Gasteiger partial charge in [0, 0.05) is 10.3 Å². The van der Waals surface area contributed by atoms with Gasteiger partial charge in [-0.15, -0.1) is 34.0 Å². The molecule has 4 aromatic rings. The first kappa shape index (κ1) is 16.6. The van der Waals surface area contributed by atoms with Gasteiger partial charge in [-0.3, -0.25) is 4.79 Å². The number of thiazole rings is 2. The quantitative estimate of drug-likeness (QED) is 0.475. The van der Waals surface area contributed by atoms with Gasteiger partial charge >= 0.3 is 0 Å². The Morgan fingerprint density at radius 3 is 2.48 bits per heavy atom. The average Bonchev–Trinajstić information content (AvgIpc) is 3.35. The van der Waals surface area contributed by atoms with Crippen LogP contribution in [0, 0.1) is 6.92 Å². The molecule has 0 fully saturated rings. The molecule has 0 atom stereocenters. The number of hydrogen-bond acceptors (Lipinski definition) is 7. The molecule has 0 bridgehead atoms. The molecule has 0 aliphatic heterocycles. The predicted molar refractivity (Wildman–Crippen MR) is 108 cm³/mol. The Balaban J connectivity index is 1.60. The zero-order valence-electron chi connectivity index (χ0n) is 13.2. The number of carbonyl (C=O) groups excluding carboxylic acids is 1. The van der Waals surface area contributed by atoms with E-state index in [1.54, 1.807) is 34.0 Å². The van der Waals surface area contributed by atoms with Gasteiger partial charge in [0.2, 0.25) is 5.91 Å². The van der Waals surface area contributed by atoms with Crippen molar-refractivity contribution in [1.29, 1.82) is 0 Å². The van der Waals surface area contributed by atoms with Gasteiger partial charge in [-0.05, 0) is 29.8 Å². The molecule has 0 aliphatic carbocycles. The summed E-state index contributed by atoms with van der Waals surface area (Å²) in [6.45, 7) is 1.94. The lowest BCUT2D eigenvalue weighted by Crippen LogP contribution is -2.14. The van der Waals surface area contributed by atoms with Crippen LogP contribution < -0.4 is 5.32 Å². The van der Waals surface area contributed by atoms with Gasteiger partial charge in [0.25, 0.3) is 0 Å². The van der Waals surface area contributed by atoms with Crippen LogP contribution in [0.1, 0.15) is 10.7 Å². The molecule has 0 radical (unpaired) electrons. The monoisotopic (exact) mass is 403 g/mol. The third kappa shape index (κ3) is 3.72. The van der Waals surface area contributed by atoms with E-state index in [1.165, 1.54) is 11.3 Å². The summed E-state index contributed by atoms with van der Waals surface area (Å²) in [5.41, 5.74) is 1.73. The van der Waals surface area contributed by atoms with Gasteiger partial charge in [-0.25, -0.2) is 9.97 Å². The Morgan fingerprint density at radius 2 is 1.84 bits per heavy atom.